The van der Waals surface area contributed by atoms with Crippen LogP contribution < -0.4 is 5.73 Å². The van der Waals surface area contributed by atoms with Crippen molar-refractivity contribution in [3.05, 3.63) is 29.3 Å². The summed E-state index contributed by atoms with van der Waals surface area (Å²) in [5, 5.41) is 0. The SMILES string of the molecule is CCN(CC)C(=O)c1cccc(N)c1C. The van der Waals surface area contributed by atoms with Crippen molar-refractivity contribution in [2.24, 2.45) is 0 Å². The number of hydrogen-bond donors (Lipinski definition) is 1. The molecule has 82 valence electrons. The van der Waals surface area contributed by atoms with Gasteiger partial charge in [0.1, 0.15) is 0 Å². The highest BCUT2D eigenvalue weighted by molar-refractivity contribution is 5.96. The van der Waals surface area contributed by atoms with E-state index >= 15 is 0 Å². The van der Waals surface area contributed by atoms with Crippen molar-refractivity contribution in [2.45, 2.75) is 20.8 Å². The third kappa shape index (κ3) is 2.29. The monoisotopic (exact) mass is 206 g/mol. The molecule has 0 bridgehead atoms. The second-order valence-electron chi connectivity index (χ2n) is 3.50. The molecule has 0 aliphatic heterocycles. The first kappa shape index (κ1) is 11.6. The van der Waals surface area contributed by atoms with Gasteiger partial charge in [-0.15, -0.1) is 0 Å². The van der Waals surface area contributed by atoms with Crippen molar-refractivity contribution in [3.63, 3.8) is 0 Å². The molecule has 1 amide bonds. The second kappa shape index (κ2) is 4.82. The summed E-state index contributed by atoms with van der Waals surface area (Å²) in [7, 11) is 0. The lowest BCUT2D eigenvalue weighted by Gasteiger charge is -2.20. The van der Waals surface area contributed by atoms with Crippen LogP contribution in [0.4, 0.5) is 5.69 Å². The molecule has 2 N–H and O–H groups in total. The molecule has 0 fully saturated rings. The molecule has 0 unspecified atom stereocenters. The first-order chi connectivity index (χ1) is 7.11. The molecule has 0 saturated carbocycles. The van der Waals surface area contributed by atoms with E-state index in [4.69, 9.17) is 5.73 Å². The van der Waals surface area contributed by atoms with Crippen LogP contribution in [0, 0.1) is 6.92 Å². The molecule has 3 nitrogen and oxygen atoms in total. The molecule has 1 aromatic rings. The summed E-state index contributed by atoms with van der Waals surface area (Å²) < 4.78 is 0. The fourth-order valence-electron chi connectivity index (χ4n) is 1.57. The van der Waals surface area contributed by atoms with Crippen LogP contribution in [0.2, 0.25) is 0 Å². The average molecular weight is 206 g/mol. The Hall–Kier alpha value is -1.51. The number of hydrogen-bond acceptors (Lipinski definition) is 2. The Bertz CT molecular complexity index is 357. The molecular formula is C12H18N2O. The fourth-order valence-corrected chi connectivity index (χ4v) is 1.57. The standard InChI is InChI=1S/C12H18N2O/c1-4-14(5-2)12(15)10-7-6-8-11(13)9(10)3/h6-8H,4-5,13H2,1-3H3. The Morgan fingerprint density at radius 2 is 1.93 bits per heavy atom. The van der Waals surface area contributed by atoms with Crippen LogP contribution in [-0.2, 0) is 0 Å². The third-order valence-electron chi connectivity index (χ3n) is 2.66. The molecule has 3 heteroatoms. The Morgan fingerprint density at radius 1 is 1.33 bits per heavy atom. The van der Waals surface area contributed by atoms with Crippen molar-refractivity contribution in [1.82, 2.24) is 4.90 Å². The van der Waals surface area contributed by atoms with E-state index in [9.17, 15) is 4.79 Å². The number of nitrogen functional groups attached to an aromatic ring is 1. The predicted molar refractivity (Wildman–Crippen MR) is 62.8 cm³/mol. The number of nitrogens with two attached hydrogens (primary N) is 1. The Kier molecular flexibility index (Phi) is 3.72. The highest BCUT2D eigenvalue weighted by Crippen LogP contribution is 2.17. The predicted octanol–water partition coefficient (Wildman–Crippen LogP) is 2.06. The van der Waals surface area contributed by atoms with Crippen LogP contribution in [0.1, 0.15) is 29.8 Å². The van der Waals surface area contributed by atoms with Gasteiger partial charge in [0.25, 0.3) is 5.91 Å². The maximum atomic E-state index is 12.1. The van der Waals surface area contributed by atoms with Gasteiger partial charge in [0.2, 0.25) is 0 Å². The van der Waals surface area contributed by atoms with Crippen LogP contribution in [0.25, 0.3) is 0 Å². The number of benzene rings is 1. The maximum absolute atomic E-state index is 12.1. The number of nitrogens with zero attached hydrogens (tertiary/aromatic N) is 1. The Labute approximate surface area is 90.9 Å². The van der Waals surface area contributed by atoms with E-state index in [0.29, 0.717) is 11.3 Å². The van der Waals surface area contributed by atoms with Gasteiger partial charge >= 0.3 is 0 Å². The summed E-state index contributed by atoms with van der Waals surface area (Å²) in [6.07, 6.45) is 0. The highest BCUT2D eigenvalue weighted by Gasteiger charge is 2.15. The van der Waals surface area contributed by atoms with Crippen molar-refractivity contribution in [2.75, 3.05) is 18.8 Å². The lowest BCUT2D eigenvalue weighted by atomic mass is 10.1. The van der Waals surface area contributed by atoms with Crippen LogP contribution in [-0.4, -0.2) is 23.9 Å². The quantitative estimate of drug-likeness (QED) is 0.769. The molecule has 0 saturated heterocycles. The second-order valence-corrected chi connectivity index (χ2v) is 3.50. The summed E-state index contributed by atoms with van der Waals surface area (Å²) in [4.78, 5) is 13.8. The van der Waals surface area contributed by atoms with Gasteiger partial charge < -0.3 is 10.6 Å². The number of amides is 1. The van der Waals surface area contributed by atoms with Gasteiger partial charge in [-0.05, 0) is 38.5 Å². The zero-order valence-corrected chi connectivity index (χ0v) is 9.58. The van der Waals surface area contributed by atoms with Gasteiger partial charge in [-0.1, -0.05) is 6.07 Å². The molecule has 0 heterocycles. The van der Waals surface area contributed by atoms with E-state index < -0.39 is 0 Å². The summed E-state index contributed by atoms with van der Waals surface area (Å²) in [6.45, 7) is 7.28. The van der Waals surface area contributed by atoms with Gasteiger partial charge in [-0.2, -0.15) is 0 Å². The third-order valence-corrected chi connectivity index (χ3v) is 2.66. The first-order valence-corrected chi connectivity index (χ1v) is 5.26. The number of anilines is 1. The molecule has 0 aliphatic rings. The number of rotatable bonds is 3. The maximum Gasteiger partial charge on any atom is 0.254 e. The van der Waals surface area contributed by atoms with E-state index in [1.165, 1.54) is 0 Å². The van der Waals surface area contributed by atoms with E-state index in [-0.39, 0.29) is 5.91 Å². The topological polar surface area (TPSA) is 46.3 Å². The van der Waals surface area contributed by atoms with E-state index in [1.54, 1.807) is 4.90 Å². The van der Waals surface area contributed by atoms with Gasteiger partial charge in [-0.25, -0.2) is 0 Å². The lowest BCUT2D eigenvalue weighted by molar-refractivity contribution is 0.0772. The van der Waals surface area contributed by atoms with Gasteiger partial charge in [0.05, 0.1) is 0 Å². The average Bonchev–Trinajstić information content (AvgIpc) is 2.23. The number of carbonyl (C=O) groups is 1. The minimum absolute atomic E-state index is 0.0600. The van der Waals surface area contributed by atoms with E-state index in [2.05, 4.69) is 0 Å². The largest absolute Gasteiger partial charge is 0.398 e. The molecule has 0 aromatic heterocycles. The lowest BCUT2D eigenvalue weighted by Crippen LogP contribution is -2.31. The summed E-state index contributed by atoms with van der Waals surface area (Å²) in [5.41, 5.74) is 8.02. The summed E-state index contributed by atoms with van der Waals surface area (Å²) in [5.74, 6) is 0.0600. The van der Waals surface area contributed by atoms with E-state index in [1.807, 2.05) is 39.0 Å². The zero-order valence-electron chi connectivity index (χ0n) is 9.58. The Morgan fingerprint density at radius 3 is 2.47 bits per heavy atom. The molecule has 0 aliphatic carbocycles. The van der Waals surface area contributed by atoms with Gasteiger partial charge in [0, 0.05) is 24.3 Å². The fraction of sp³-hybridized carbons (Fsp3) is 0.417. The van der Waals surface area contributed by atoms with E-state index in [0.717, 1.165) is 18.7 Å². The molecule has 0 radical (unpaired) electrons. The van der Waals surface area contributed by atoms with Crippen molar-refractivity contribution >= 4 is 11.6 Å². The van der Waals surface area contributed by atoms with Crippen molar-refractivity contribution in [3.8, 4) is 0 Å². The van der Waals surface area contributed by atoms with Gasteiger partial charge in [0.15, 0.2) is 0 Å². The molecular weight excluding hydrogens is 188 g/mol. The molecule has 0 atom stereocenters. The smallest absolute Gasteiger partial charge is 0.254 e. The highest BCUT2D eigenvalue weighted by atomic mass is 16.2. The molecule has 15 heavy (non-hydrogen) atoms. The van der Waals surface area contributed by atoms with Crippen LogP contribution >= 0.6 is 0 Å². The minimum Gasteiger partial charge on any atom is -0.398 e. The van der Waals surface area contributed by atoms with Gasteiger partial charge in [-0.3, -0.25) is 4.79 Å². The van der Waals surface area contributed by atoms with Crippen molar-refractivity contribution < 1.29 is 4.79 Å². The van der Waals surface area contributed by atoms with Crippen LogP contribution in [0.15, 0.2) is 18.2 Å². The zero-order chi connectivity index (χ0) is 11.4. The molecule has 1 aromatic carbocycles. The first-order valence-electron chi connectivity index (χ1n) is 5.26. The Balaban J connectivity index is 3.05. The van der Waals surface area contributed by atoms with Crippen LogP contribution in [0.3, 0.4) is 0 Å². The normalized spacial score (nSPS) is 10.1. The van der Waals surface area contributed by atoms with Crippen LogP contribution in [0.5, 0.6) is 0 Å². The van der Waals surface area contributed by atoms with Crippen molar-refractivity contribution in [1.29, 1.82) is 0 Å². The summed E-state index contributed by atoms with van der Waals surface area (Å²) >= 11 is 0. The summed E-state index contributed by atoms with van der Waals surface area (Å²) in [6, 6.07) is 5.46. The molecule has 0 spiro atoms. The molecule has 1 rings (SSSR count). The minimum atomic E-state index is 0.0600. The number of carbonyl (C=O) groups excluding carboxylic acids is 1.